The van der Waals surface area contributed by atoms with E-state index in [1.807, 2.05) is 0 Å². The highest BCUT2D eigenvalue weighted by atomic mass is 35.5. The summed E-state index contributed by atoms with van der Waals surface area (Å²) in [5, 5.41) is 2.56. The molecule has 0 radical (unpaired) electrons. The summed E-state index contributed by atoms with van der Waals surface area (Å²) in [5.41, 5.74) is 0.547. The number of carbonyl (C=O) groups is 1. The molecule has 4 rings (SSSR count). The second-order valence-corrected chi connectivity index (χ2v) is 6.84. The maximum absolute atomic E-state index is 13.2. The molecular weight excluding hydrogens is 375 g/mol. The fourth-order valence-electron chi connectivity index (χ4n) is 3.23. The normalized spacial score (nSPS) is 18.7. The summed E-state index contributed by atoms with van der Waals surface area (Å²) in [6.07, 6.45) is 4.52. The van der Waals surface area contributed by atoms with Gasteiger partial charge in [-0.25, -0.2) is 14.4 Å². The third kappa shape index (κ3) is 3.87. The third-order valence-electron chi connectivity index (χ3n) is 4.71. The van der Waals surface area contributed by atoms with Crippen LogP contribution in [0, 0.1) is 5.82 Å². The molecule has 3 heterocycles. The molecule has 1 N–H and O–H groups in total. The molecule has 2 aliphatic heterocycles. The molecule has 2 aromatic rings. The minimum atomic E-state index is -0.546. The van der Waals surface area contributed by atoms with E-state index in [-0.39, 0.29) is 10.7 Å². The van der Waals surface area contributed by atoms with E-state index in [1.54, 1.807) is 6.20 Å². The lowest BCUT2D eigenvalue weighted by molar-refractivity contribution is -0.169. The first-order chi connectivity index (χ1) is 13.0. The van der Waals surface area contributed by atoms with Gasteiger partial charge in [0.2, 0.25) is 0 Å². The van der Waals surface area contributed by atoms with Crippen molar-refractivity contribution >= 4 is 29.0 Å². The number of anilines is 2. The van der Waals surface area contributed by atoms with Crippen LogP contribution in [0.2, 0.25) is 5.02 Å². The van der Waals surface area contributed by atoms with Crippen LogP contribution >= 0.6 is 11.6 Å². The Morgan fingerprint density at radius 2 is 1.93 bits per heavy atom. The number of piperidine rings is 1. The van der Waals surface area contributed by atoms with Crippen molar-refractivity contribution in [2.45, 2.75) is 18.6 Å². The Bertz CT molecular complexity index is 833. The predicted molar refractivity (Wildman–Crippen MR) is 97.5 cm³/mol. The number of benzene rings is 1. The first kappa shape index (κ1) is 18.1. The van der Waals surface area contributed by atoms with Crippen LogP contribution in [0.1, 0.15) is 23.3 Å². The molecule has 2 aliphatic rings. The van der Waals surface area contributed by atoms with Gasteiger partial charge in [0.05, 0.1) is 30.6 Å². The van der Waals surface area contributed by atoms with E-state index in [1.165, 1.54) is 24.4 Å². The lowest BCUT2D eigenvalue weighted by atomic mass is 10.0. The average Bonchev–Trinajstić information content (AvgIpc) is 3.13. The Kier molecular flexibility index (Phi) is 4.94. The molecule has 2 fully saturated rings. The van der Waals surface area contributed by atoms with Crippen molar-refractivity contribution in [3.8, 4) is 0 Å². The van der Waals surface area contributed by atoms with Gasteiger partial charge < -0.3 is 19.7 Å². The summed E-state index contributed by atoms with van der Waals surface area (Å²) in [6.45, 7) is 2.77. The monoisotopic (exact) mass is 392 g/mol. The van der Waals surface area contributed by atoms with Crippen molar-refractivity contribution in [3.05, 3.63) is 47.1 Å². The minimum Gasteiger partial charge on any atom is -0.355 e. The largest absolute Gasteiger partial charge is 0.355 e. The number of amides is 1. The summed E-state index contributed by atoms with van der Waals surface area (Å²) in [6, 6.07) is 3.96. The topological polar surface area (TPSA) is 76.6 Å². The van der Waals surface area contributed by atoms with E-state index in [0.717, 1.165) is 25.9 Å². The van der Waals surface area contributed by atoms with Gasteiger partial charge in [-0.05, 0) is 18.2 Å². The van der Waals surface area contributed by atoms with Crippen LogP contribution in [0.3, 0.4) is 0 Å². The number of carbonyl (C=O) groups excluding carboxylic acids is 1. The molecule has 1 amide bonds. The summed E-state index contributed by atoms with van der Waals surface area (Å²) in [7, 11) is 0. The molecular formula is C18H18ClFN4O3. The Morgan fingerprint density at radius 1 is 1.19 bits per heavy atom. The van der Waals surface area contributed by atoms with Crippen molar-refractivity contribution in [1.29, 1.82) is 0 Å². The quantitative estimate of drug-likeness (QED) is 0.865. The van der Waals surface area contributed by atoms with Crippen molar-refractivity contribution in [2.75, 3.05) is 36.5 Å². The van der Waals surface area contributed by atoms with Gasteiger partial charge in [0.25, 0.3) is 5.91 Å². The fraction of sp³-hybridized carbons (Fsp3) is 0.389. The van der Waals surface area contributed by atoms with Crippen LogP contribution in [0.4, 0.5) is 15.9 Å². The molecule has 7 nitrogen and oxygen atoms in total. The van der Waals surface area contributed by atoms with Gasteiger partial charge in [-0.15, -0.1) is 0 Å². The van der Waals surface area contributed by atoms with Gasteiger partial charge in [0.1, 0.15) is 17.3 Å². The van der Waals surface area contributed by atoms with Gasteiger partial charge in [-0.1, -0.05) is 11.6 Å². The third-order valence-corrected chi connectivity index (χ3v) is 5.00. The molecule has 0 bridgehead atoms. The van der Waals surface area contributed by atoms with E-state index in [0.29, 0.717) is 24.7 Å². The van der Waals surface area contributed by atoms with Gasteiger partial charge in [0.15, 0.2) is 5.79 Å². The highest BCUT2D eigenvalue weighted by molar-refractivity contribution is 6.31. The second kappa shape index (κ2) is 7.38. The summed E-state index contributed by atoms with van der Waals surface area (Å²) < 4.78 is 24.6. The lowest BCUT2D eigenvalue weighted by Gasteiger charge is -2.37. The van der Waals surface area contributed by atoms with Crippen LogP contribution in [-0.2, 0) is 9.47 Å². The number of halogens is 2. The molecule has 0 saturated carbocycles. The van der Waals surface area contributed by atoms with Crippen molar-refractivity contribution < 1.29 is 18.7 Å². The Labute approximate surface area is 160 Å². The number of rotatable bonds is 3. The minimum absolute atomic E-state index is 0.0627. The Hall–Kier alpha value is -2.29. The van der Waals surface area contributed by atoms with Gasteiger partial charge in [-0.2, -0.15) is 0 Å². The lowest BCUT2D eigenvalue weighted by Crippen LogP contribution is -2.45. The molecule has 9 heteroatoms. The molecule has 0 unspecified atom stereocenters. The van der Waals surface area contributed by atoms with Crippen molar-refractivity contribution in [1.82, 2.24) is 9.97 Å². The van der Waals surface area contributed by atoms with Gasteiger partial charge in [-0.3, -0.25) is 4.79 Å². The Balaban J connectivity index is 1.38. The van der Waals surface area contributed by atoms with Crippen LogP contribution < -0.4 is 10.2 Å². The number of nitrogens with zero attached hydrogens (tertiary/aromatic N) is 3. The smallest absolute Gasteiger partial charge is 0.275 e. The zero-order chi connectivity index (χ0) is 18.9. The SMILES string of the molecule is O=C(Nc1ccc(F)c(Cl)c1)c1cnc(N2CCC3(CC2)OCCO3)cn1. The molecule has 27 heavy (non-hydrogen) atoms. The Morgan fingerprint density at radius 3 is 2.56 bits per heavy atom. The average molecular weight is 393 g/mol. The number of hydrogen-bond donors (Lipinski definition) is 1. The molecule has 0 aliphatic carbocycles. The number of aromatic nitrogens is 2. The van der Waals surface area contributed by atoms with E-state index >= 15 is 0 Å². The van der Waals surface area contributed by atoms with E-state index in [4.69, 9.17) is 21.1 Å². The van der Waals surface area contributed by atoms with Crippen LogP contribution in [0.25, 0.3) is 0 Å². The molecule has 1 aromatic heterocycles. The van der Waals surface area contributed by atoms with Gasteiger partial charge in [0, 0.05) is 31.6 Å². The van der Waals surface area contributed by atoms with Crippen LogP contribution in [0.15, 0.2) is 30.6 Å². The first-order valence-electron chi connectivity index (χ1n) is 8.66. The van der Waals surface area contributed by atoms with Crippen molar-refractivity contribution in [2.24, 2.45) is 0 Å². The maximum atomic E-state index is 13.2. The first-order valence-corrected chi connectivity index (χ1v) is 9.04. The summed E-state index contributed by atoms with van der Waals surface area (Å²) in [4.78, 5) is 22.9. The number of nitrogens with one attached hydrogen (secondary N) is 1. The van der Waals surface area contributed by atoms with Crippen LogP contribution in [0.5, 0.6) is 0 Å². The standard InChI is InChI=1S/C18H18ClFN4O3/c19-13-9-12(1-2-14(13)20)23-17(25)15-10-22-16(11-21-15)24-5-3-18(4-6-24)26-7-8-27-18/h1-2,9-11H,3-8H2,(H,23,25). The van der Waals surface area contributed by atoms with Crippen molar-refractivity contribution in [3.63, 3.8) is 0 Å². The van der Waals surface area contributed by atoms with E-state index in [2.05, 4.69) is 20.2 Å². The molecule has 142 valence electrons. The fourth-order valence-corrected chi connectivity index (χ4v) is 3.41. The zero-order valence-corrected chi connectivity index (χ0v) is 15.2. The molecule has 2 saturated heterocycles. The van der Waals surface area contributed by atoms with E-state index in [9.17, 15) is 9.18 Å². The maximum Gasteiger partial charge on any atom is 0.275 e. The highest BCUT2D eigenvalue weighted by Gasteiger charge is 2.40. The van der Waals surface area contributed by atoms with E-state index < -0.39 is 17.5 Å². The molecule has 0 atom stereocenters. The van der Waals surface area contributed by atoms with Crippen LogP contribution in [-0.4, -0.2) is 48.0 Å². The highest BCUT2D eigenvalue weighted by Crippen LogP contribution is 2.32. The summed E-state index contributed by atoms with van der Waals surface area (Å²) >= 11 is 5.72. The number of hydrogen-bond acceptors (Lipinski definition) is 6. The predicted octanol–water partition coefficient (Wildman–Crippen LogP) is 2.86. The van der Waals surface area contributed by atoms with Gasteiger partial charge >= 0.3 is 0 Å². The number of ether oxygens (including phenoxy) is 2. The zero-order valence-electron chi connectivity index (χ0n) is 14.5. The second-order valence-electron chi connectivity index (χ2n) is 6.44. The summed E-state index contributed by atoms with van der Waals surface area (Å²) in [5.74, 6) is -0.734. The molecule has 1 aromatic carbocycles. The molecule has 1 spiro atoms.